The molecule has 0 aliphatic carbocycles. The Morgan fingerprint density at radius 3 is 2.77 bits per heavy atom. The van der Waals surface area contributed by atoms with E-state index in [0.717, 1.165) is 0 Å². The van der Waals surface area contributed by atoms with Crippen molar-refractivity contribution in [1.82, 2.24) is 0 Å². The maximum Gasteiger partial charge on any atom is 1.00 e. The zero-order valence-corrected chi connectivity index (χ0v) is 8.69. The minimum Gasteiger partial charge on any atom is -0.409 e. The molecule has 3 N–H and O–H groups in total. The highest BCUT2D eigenvalue weighted by Gasteiger charge is 2.03. The first-order valence-electron chi connectivity index (χ1n) is 3.82. The van der Waals surface area contributed by atoms with Gasteiger partial charge in [-0.1, -0.05) is 19.0 Å². The number of hydrogen-bond donors (Lipinski definition) is 2. The monoisotopic (exact) mass is 211 g/mol. The second-order valence-corrected chi connectivity index (χ2v) is 3.91. The van der Waals surface area contributed by atoms with Crippen LogP contribution in [0.1, 0.15) is 15.3 Å². The van der Waals surface area contributed by atoms with Gasteiger partial charge in [-0.05, 0) is 5.92 Å². The van der Waals surface area contributed by atoms with Crippen molar-refractivity contribution in [1.29, 1.82) is 0 Å². The maximum atomic E-state index is 10.9. The Labute approximate surface area is 79.1 Å². The fourth-order valence-corrected chi connectivity index (χ4v) is 1.26. The Bertz CT molecular complexity index is 200. The molecule has 1 unspecified atom stereocenters. The van der Waals surface area contributed by atoms with Gasteiger partial charge < -0.3 is 20.0 Å². The van der Waals surface area contributed by atoms with Crippen molar-refractivity contribution in [2.75, 3.05) is 13.2 Å². The summed E-state index contributed by atoms with van der Waals surface area (Å²) in [6.07, 6.45) is 0. The molecule has 0 bridgehead atoms. The van der Waals surface area contributed by atoms with Crippen LogP contribution in [0.3, 0.4) is 0 Å². The molecular weight excluding hydrogens is 195 g/mol. The van der Waals surface area contributed by atoms with Crippen molar-refractivity contribution < 1.29 is 20.2 Å². The summed E-state index contributed by atoms with van der Waals surface area (Å²) in [5.41, 5.74) is 5.07. The van der Waals surface area contributed by atoms with Crippen molar-refractivity contribution in [2.24, 2.45) is 16.8 Å². The zero-order valence-electron chi connectivity index (χ0n) is 8.69. The van der Waals surface area contributed by atoms with Gasteiger partial charge in [-0.3, -0.25) is 4.57 Å². The molecule has 0 aliphatic heterocycles. The van der Waals surface area contributed by atoms with E-state index >= 15 is 0 Å². The van der Waals surface area contributed by atoms with Gasteiger partial charge in [0.15, 0.2) is 5.84 Å². The van der Waals surface area contributed by atoms with E-state index in [-0.39, 0.29) is 13.9 Å². The Balaban J connectivity index is 0. The van der Waals surface area contributed by atoms with Crippen LogP contribution in [0.15, 0.2) is 5.16 Å². The van der Waals surface area contributed by atoms with Crippen LogP contribution < -0.4 is 5.73 Å². The largest absolute Gasteiger partial charge is 1.00 e. The first-order chi connectivity index (χ1) is 6.06. The van der Waals surface area contributed by atoms with Crippen LogP contribution in [0, 0.1) is 5.92 Å². The highest BCUT2D eigenvalue weighted by atomic mass is 31.1. The summed E-state index contributed by atoms with van der Waals surface area (Å²) in [5, 5.41) is 10.8. The van der Waals surface area contributed by atoms with Crippen molar-refractivity contribution in [3.63, 3.8) is 0 Å². The van der Waals surface area contributed by atoms with Crippen molar-refractivity contribution in [2.45, 2.75) is 13.8 Å². The van der Waals surface area contributed by atoms with Crippen LogP contribution in [0.2, 0.25) is 0 Å². The van der Waals surface area contributed by atoms with Gasteiger partial charge in [0.2, 0.25) is 0 Å². The van der Waals surface area contributed by atoms with E-state index < -0.39 is 8.25 Å². The molecule has 13 heavy (non-hydrogen) atoms. The van der Waals surface area contributed by atoms with E-state index in [0.29, 0.717) is 12.5 Å². The third kappa shape index (κ3) is 7.77. The molecule has 1 atom stereocenters. The van der Waals surface area contributed by atoms with E-state index in [2.05, 4.69) is 9.68 Å². The molecule has 0 aromatic carbocycles. The average molecular weight is 211 g/mol. The number of rotatable bonds is 6. The predicted molar refractivity (Wildman–Crippen MR) is 50.3 cm³/mol. The summed E-state index contributed by atoms with van der Waals surface area (Å²) >= 11 is 0. The number of nitrogens with two attached hydrogens (primary N) is 1. The van der Waals surface area contributed by atoms with Crippen molar-refractivity contribution in [3.05, 3.63) is 0 Å². The highest BCUT2D eigenvalue weighted by Crippen LogP contribution is 2.23. The van der Waals surface area contributed by atoms with Crippen LogP contribution in [-0.2, 0) is 13.6 Å². The molecule has 0 aromatic heterocycles. The molecule has 0 rings (SSSR count). The molecule has 0 radical (unpaired) electrons. The normalized spacial score (nSPS) is 14.8. The van der Waals surface area contributed by atoms with Gasteiger partial charge >= 0.3 is 9.68 Å². The van der Waals surface area contributed by atoms with Gasteiger partial charge in [0, 0.05) is 0 Å². The first kappa shape index (κ1) is 12.4. The molecule has 0 aromatic rings. The Hall–Kier alpha value is -0.580. The third-order valence-corrected chi connectivity index (χ3v) is 1.78. The van der Waals surface area contributed by atoms with Gasteiger partial charge in [-0.25, -0.2) is 0 Å². The molecule has 0 aliphatic rings. The quantitative estimate of drug-likeness (QED) is 0.224. The molecule has 0 amide bonds. The summed E-state index contributed by atoms with van der Waals surface area (Å²) in [5.74, 6) is 0.160. The number of hydrogen-bond acceptors (Lipinski definition) is 5. The first-order valence-corrected chi connectivity index (χ1v) is 5.04. The van der Waals surface area contributed by atoms with Crippen molar-refractivity contribution >= 4 is 14.1 Å². The number of amidine groups is 1. The lowest BCUT2D eigenvalue weighted by Crippen LogP contribution is -2.17. The minimum absolute atomic E-state index is 0. The molecule has 0 heterocycles. The number of oxime groups is 1. The average Bonchev–Trinajstić information content (AvgIpc) is 2.10. The molecule has 0 fully saturated rings. The summed E-state index contributed by atoms with van der Waals surface area (Å²) in [6, 6.07) is 0. The van der Waals surface area contributed by atoms with Gasteiger partial charge in [-0.15, -0.1) is 0 Å². The number of nitrogens with zero attached hydrogens (tertiary/aromatic N) is 1. The highest BCUT2D eigenvalue weighted by molar-refractivity contribution is 7.33. The molecule has 7 heteroatoms. The van der Waals surface area contributed by atoms with Gasteiger partial charge in [-0.2, -0.15) is 0 Å². The van der Waals surface area contributed by atoms with Crippen LogP contribution in [0.25, 0.3) is 0 Å². The Morgan fingerprint density at radius 1 is 1.69 bits per heavy atom. The lowest BCUT2D eigenvalue weighted by atomic mass is 10.2. The van der Waals surface area contributed by atoms with Crippen LogP contribution in [-0.4, -0.2) is 24.3 Å². The topological polar surface area (TPSA) is 94.1 Å². The van der Waals surface area contributed by atoms with Gasteiger partial charge in [0.1, 0.15) is 6.61 Å². The summed E-state index contributed by atoms with van der Waals surface area (Å²) in [4.78, 5) is 0. The molecule has 0 saturated heterocycles. The summed E-state index contributed by atoms with van der Waals surface area (Å²) in [7, 11) is -2.51. The van der Waals surface area contributed by atoms with Crippen LogP contribution >= 0.6 is 8.25 Å². The van der Waals surface area contributed by atoms with Gasteiger partial charge in [0.25, 0.3) is 0 Å². The molecule has 0 saturated carbocycles. The summed E-state index contributed by atoms with van der Waals surface area (Å²) in [6.45, 7) is 4.04. The van der Waals surface area contributed by atoms with E-state index in [1.54, 1.807) is 0 Å². The zero-order chi connectivity index (χ0) is 10.3. The Morgan fingerprint density at radius 2 is 2.31 bits per heavy atom. The SMILES string of the molecule is CC(C)CO[PH](=O)OCC(N)=NO.[H+]. The van der Waals surface area contributed by atoms with E-state index in [1.807, 2.05) is 13.8 Å². The lowest BCUT2D eigenvalue weighted by molar-refractivity contribution is 0.219. The maximum absolute atomic E-state index is 10.9. The lowest BCUT2D eigenvalue weighted by Gasteiger charge is -2.06. The molecule has 6 nitrogen and oxygen atoms in total. The van der Waals surface area contributed by atoms with Crippen molar-refractivity contribution in [3.8, 4) is 0 Å². The third-order valence-electron chi connectivity index (χ3n) is 1.00. The fourth-order valence-electron chi connectivity index (χ4n) is 0.438. The standard InChI is InChI=1S/C6H15N2O4P/c1-5(2)3-11-13(10)12-4-6(7)8-9/h5,9,13H,3-4H2,1-2H3,(H2,7,8)/p+1. The minimum atomic E-state index is -2.51. The molecular formula is C6H16N2O4P+. The molecule has 0 spiro atoms. The van der Waals surface area contributed by atoms with Crippen LogP contribution in [0.4, 0.5) is 0 Å². The second kappa shape index (κ2) is 6.88. The van der Waals surface area contributed by atoms with E-state index in [1.165, 1.54) is 0 Å². The van der Waals surface area contributed by atoms with E-state index in [9.17, 15) is 4.57 Å². The predicted octanol–water partition coefficient (Wildman–Crippen LogP) is 0.924. The summed E-state index contributed by atoms with van der Waals surface area (Å²) < 4.78 is 20.4. The smallest absolute Gasteiger partial charge is 0.409 e. The Kier molecular flexibility index (Phi) is 6.58. The fraction of sp³-hybridized carbons (Fsp3) is 0.833. The molecule has 78 valence electrons. The van der Waals surface area contributed by atoms with E-state index in [4.69, 9.17) is 15.5 Å². The van der Waals surface area contributed by atoms with Crippen LogP contribution in [0.5, 0.6) is 0 Å². The second-order valence-electron chi connectivity index (χ2n) is 2.83. The van der Waals surface area contributed by atoms with Gasteiger partial charge in [0.05, 0.1) is 6.61 Å².